The molecule has 1 spiro atoms. The number of amides is 1. The van der Waals surface area contributed by atoms with Crippen molar-refractivity contribution in [2.75, 3.05) is 52.4 Å². The van der Waals surface area contributed by atoms with Crippen molar-refractivity contribution < 1.29 is 22.7 Å². The summed E-state index contributed by atoms with van der Waals surface area (Å²) in [6.07, 6.45) is -1.20. The van der Waals surface area contributed by atoms with Crippen LogP contribution in [0.2, 0.25) is 0 Å². The summed E-state index contributed by atoms with van der Waals surface area (Å²) in [4.78, 5) is 18.5. The maximum absolute atomic E-state index is 12.7. The van der Waals surface area contributed by atoms with Crippen molar-refractivity contribution in [3.05, 3.63) is 0 Å². The van der Waals surface area contributed by atoms with Gasteiger partial charge in [0.05, 0.1) is 25.2 Å². The molecular formula is C18H30F3N3O2. The molecule has 3 aliphatic rings. The van der Waals surface area contributed by atoms with Crippen molar-refractivity contribution in [1.29, 1.82) is 0 Å². The van der Waals surface area contributed by atoms with Crippen molar-refractivity contribution in [3.63, 3.8) is 0 Å². The summed E-state index contributed by atoms with van der Waals surface area (Å²) in [7, 11) is 0. The molecule has 0 saturated carbocycles. The number of likely N-dealkylation sites (tertiary alicyclic amines) is 2. The van der Waals surface area contributed by atoms with E-state index in [0.29, 0.717) is 52.2 Å². The third-order valence-electron chi connectivity index (χ3n) is 6.01. The molecule has 3 aliphatic heterocycles. The molecule has 0 aromatic rings. The van der Waals surface area contributed by atoms with E-state index in [1.54, 1.807) is 6.92 Å². The molecule has 8 heteroatoms. The van der Waals surface area contributed by atoms with E-state index in [9.17, 15) is 18.0 Å². The second-order valence-electron chi connectivity index (χ2n) is 8.03. The maximum atomic E-state index is 12.7. The monoisotopic (exact) mass is 377 g/mol. The topological polar surface area (TPSA) is 36.0 Å². The molecule has 0 bridgehead atoms. The number of hydrogen-bond acceptors (Lipinski definition) is 4. The fourth-order valence-electron chi connectivity index (χ4n) is 4.41. The molecule has 3 rings (SSSR count). The molecule has 1 atom stereocenters. The molecule has 0 radical (unpaired) electrons. The number of ether oxygens (including phenoxy) is 1. The second-order valence-corrected chi connectivity index (χ2v) is 8.03. The summed E-state index contributed by atoms with van der Waals surface area (Å²) >= 11 is 0. The van der Waals surface area contributed by atoms with Crippen LogP contribution in [0.5, 0.6) is 0 Å². The van der Waals surface area contributed by atoms with Crippen molar-refractivity contribution in [2.24, 2.45) is 0 Å². The Morgan fingerprint density at radius 2 is 1.77 bits per heavy atom. The summed E-state index contributed by atoms with van der Waals surface area (Å²) in [5, 5.41) is 0. The van der Waals surface area contributed by atoms with Crippen LogP contribution < -0.4 is 0 Å². The van der Waals surface area contributed by atoms with Crippen LogP contribution in [0.3, 0.4) is 0 Å². The van der Waals surface area contributed by atoms with Gasteiger partial charge in [0, 0.05) is 32.2 Å². The van der Waals surface area contributed by atoms with Gasteiger partial charge in [-0.05, 0) is 45.7 Å². The van der Waals surface area contributed by atoms with Gasteiger partial charge in [0.15, 0.2) is 0 Å². The third kappa shape index (κ3) is 5.10. The Labute approximate surface area is 153 Å². The summed E-state index contributed by atoms with van der Waals surface area (Å²) < 4.78 is 44.1. The SMILES string of the molecule is CC(CC(F)(F)F)N1CCOC2(CCN(C(=O)CN3CCCC3)CC2)C1. The molecule has 26 heavy (non-hydrogen) atoms. The van der Waals surface area contributed by atoms with Gasteiger partial charge < -0.3 is 9.64 Å². The molecular weight excluding hydrogens is 347 g/mol. The Bertz CT molecular complexity index is 487. The number of halogens is 3. The Kier molecular flexibility index (Phi) is 6.14. The first-order valence-electron chi connectivity index (χ1n) is 9.71. The largest absolute Gasteiger partial charge is 0.390 e. The van der Waals surface area contributed by atoms with Crippen LogP contribution in [-0.4, -0.2) is 90.8 Å². The minimum absolute atomic E-state index is 0.167. The third-order valence-corrected chi connectivity index (χ3v) is 6.01. The molecule has 0 aromatic heterocycles. The summed E-state index contributed by atoms with van der Waals surface area (Å²) in [5.74, 6) is 0.167. The summed E-state index contributed by atoms with van der Waals surface area (Å²) in [6, 6.07) is -0.536. The first-order valence-corrected chi connectivity index (χ1v) is 9.71. The second kappa shape index (κ2) is 8.02. The lowest BCUT2D eigenvalue weighted by Crippen LogP contribution is -2.59. The van der Waals surface area contributed by atoms with Gasteiger partial charge in [-0.25, -0.2) is 0 Å². The highest BCUT2D eigenvalue weighted by molar-refractivity contribution is 5.78. The van der Waals surface area contributed by atoms with Gasteiger partial charge in [-0.1, -0.05) is 0 Å². The Hall–Kier alpha value is -0.860. The molecule has 0 N–H and O–H groups in total. The van der Waals surface area contributed by atoms with Crippen LogP contribution in [-0.2, 0) is 9.53 Å². The van der Waals surface area contributed by atoms with Crippen LogP contribution in [0.4, 0.5) is 13.2 Å². The molecule has 3 fully saturated rings. The van der Waals surface area contributed by atoms with Crippen molar-refractivity contribution in [2.45, 2.75) is 56.8 Å². The molecule has 0 aliphatic carbocycles. The van der Waals surface area contributed by atoms with Crippen molar-refractivity contribution >= 4 is 5.91 Å². The van der Waals surface area contributed by atoms with Gasteiger partial charge in [-0.3, -0.25) is 14.6 Å². The highest BCUT2D eigenvalue weighted by Crippen LogP contribution is 2.33. The van der Waals surface area contributed by atoms with E-state index in [-0.39, 0.29) is 5.91 Å². The Morgan fingerprint density at radius 3 is 2.38 bits per heavy atom. The first-order chi connectivity index (χ1) is 12.3. The average Bonchev–Trinajstić information content (AvgIpc) is 3.07. The van der Waals surface area contributed by atoms with E-state index >= 15 is 0 Å². The van der Waals surface area contributed by atoms with Gasteiger partial charge in [0.1, 0.15) is 0 Å². The minimum atomic E-state index is -4.14. The number of hydrogen-bond donors (Lipinski definition) is 0. The molecule has 150 valence electrons. The number of carbonyl (C=O) groups excluding carboxylic acids is 1. The smallest absolute Gasteiger partial charge is 0.372 e. The van der Waals surface area contributed by atoms with E-state index in [2.05, 4.69) is 4.90 Å². The minimum Gasteiger partial charge on any atom is -0.372 e. The number of morpholine rings is 1. The van der Waals surface area contributed by atoms with Gasteiger partial charge in [0.25, 0.3) is 0 Å². The summed E-state index contributed by atoms with van der Waals surface area (Å²) in [5.41, 5.74) is -0.400. The summed E-state index contributed by atoms with van der Waals surface area (Å²) in [6.45, 7) is 6.92. The standard InChI is InChI=1S/C18H30F3N3O2/c1-15(12-18(19,20)21)24-10-11-26-17(14-24)4-8-23(9-5-17)16(25)13-22-6-2-3-7-22/h15H,2-14H2,1H3. The Morgan fingerprint density at radius 1 is 1.12 bits per heavy atom. The van der Waals surface area contributed by atoms with Crippen molar-refractivity contribution in [1.82, 2.24) is 14.7 Å². The lowest BCUT2D eigenvalue weighted by molar-refractivity contribution is -0.173. The van der Waals surface area contributed by atoms with E-state index < -0.39 is 24.2 Å². The molecule has 5 nitrogen and oxygen atoms in total. The average molecular weight is 377 g/mol. The normalized spacial score (nSPS) is 26.4. The zero-order chi connectivity index (χ0) is 18.8. The molecule has 3 saturated heterocycles. The zero-order valence-electron chi connectivity index (χ0n) is 15.6. The fourth-order valence-corrected chi connectivity index (χ4v) is 4.41. The molecule has 1 amide bonds. The number of rotatable bonds is 4. The first kappa shape index (κ1) is 19.9. The van der Waals surface area contributed by atoms with Crippen LogP contribution in [0.15, 0.2) is 0 Å². The molecule has 3 heterocycles. The van der Waals surface area contributed by atoms with Crippen LogP contribution in [0.25, 0.3) is 0 Å². The van der Waals surface area contributed by atoms with Crippen LogP contribution in [0.1, 0.15) is 39.0 Å². The number of alkyl halides is 3. The zero-order valence-corrected chi connectivity index (χ0v) is 15.6. The van der Waals surface area contributed by atoms with Gasteiger partial charge in [-0.2, -0.15) is 13.2 Å². The fraction of sp³-hybridized carbons (Fsp3) is 0.944. The quantitative estimate of drug-likeness (QED) is 0.752. The van der Waals surface area contributed by atoms with Gasteiger partial charge in [0.2, 0.25) is 5.91 Å². The van der Waals surface area contributed by atoms with Crippen LogP contribution in [0, 0.1) is 0 Å². The van der Waals surface area contributed by atoms with E-state index in [0.717, 1.165) is 25.9 Å². The lowest BCUT2D eigenvalue weighted by Gasteiger charge is -2.49. The van der Waals surface area contributed by atoms with E-state index in [1.165, 1.54) is 0 Å². The lowest BCUT2D eigenvalue weighted by atomic mass is 9.88. The van der Waals surface area contributed by atoms with Crippen molar-refractivity contribution in [3.8, 4) is 0 Å². The van der Waals surface area contributed by atoms with Gasteiger partial charge >= 0.3 is 6.18 Å². The van der Waals surface area contributed by atoms with Crippen LogP contribution >= 0.6 is 0 Å². The highest BCUT2D eigenvalue weighted by Gasteiger charge is 2.43. The Balaban J connectivity index is 1.50. The number of piperidine rings is 1. The molecule has 1 unspecified atom stereocenters. The predicted molar refractivity (Wildman–Crippen MR) is 91.9 cm³/mol. The number of carbonyl (C=O) groups is 1. The predicted octanol–water partition coefficient (Wildman–Crippen LogP) is 2.12. The van der Waals surface area contributed by atoms with E-state index in [4.69, 9.17) is 4.74 Å². The number of nitrogens with zero attached hydrogens (tertiary/aromatic N) is 3. The van der Waals surface area contributed by atoms with Gasteiger partial charge in [-0.15, -0.1) is 0 Å². The molecule has 0 aromatic carbocycles. The van der Waals surface area contributed by atoms with E-state index in [1.807, 2.05) is 9.80 Å². The maximum Gasteiger partial charge on any atom is 0.390 e. The highest BCUT2D eigenvalue weighted by atomic mass is 19.4.